The van der Waals surface area contributed by atoms with Crippen LogP contribution in [0.5, 0.6) is 0 Å². The van der Waals surface area contributed by atoms with Crippen LogP contribution in [0.2, 0.25) is 0 Å². The van der Waals surface area contributed by atoms with Crippen LogP contribution < -0.4 is 5.73 Å². The lowest BCUT2D eigenvalue weighted by Gasteiger charge is -2.15. The normalized spacial score (nSPS) is 11.6. The third-order valence-electron chi connectivity index (χ3n) is 3.06. The number of anilines is 1. The van der Waals surface area contributed by atoms with Gasteiger partial charge < -0.3 is 5.73 Å². The predicted molar refractivity (Wildman–Crippen MR) is 82.0 cm³/mol. The van der Waals surface area contributed by atoms with Crippen molar-refractivity contribution in [3.8, 4) is 0 Å². The van der Waals surface area contributed by atoms with Gasteiger partial charge in [0, 0.05) is 16.1 Å². The minimum atomic E-state index is 0.0815. The summed E-state index contributed by atoms with van der Waals surface area (Å²) in [4.78, 5) is 14.5. The topological polar surface area (TPSA) is 43.1 Å². The van der Waals surface area contributed by atoms with Gasteiger partial charge in [-0.15, -0.1) is 11.3 Å². The van der Waals surface area contributed by atoms with Crippen molar-refractivity contribution in [2.75, 3.05) is 5.73 Å². The largest absolute Gasteiger partial charge is 0.399 e. The number of nitrogen functional groups attached to an aromatic ring is 1. The van der Waals surface area contributed by atoms with Gasteiger partial charge in [-0.2, -0.15) is 0 Å². The van der Waals surface area contributed by atoms with Crippen LogP contribution in [0.3, 0.4) is 0 Å². The summed E-state index contributed by atoms with van der Waals surface area (Å²) in [5.41, 5.74) is 8.15. The highest BCUT2D eigenvalue weighted by Crippen LogP contribution is 2.31. The van der Waals surface area contributed by atoms with Crippen LogP contribution >= 0.6 is 11.3 Å². The molecule has 2 rings (SSSR count). The molecule has 0 aliphatic carbocycles. The number of thiophene rings is 1. The lowest BCUT2D eigenvalue weighted by Crippen LogP contribution is -2.08. The first-order chi connectivity index (χ1) is 8.79. The van der Waals surface area contributed by atoms with E-state index >= 15 is 0 Å². The molecule has 0 bridgehead atoms. The quantitative estimate of drug-likeness (QED) is 0.659. The summed E-state index contributed by atoms with van der Waals surface area (Å²) >= 11 is 1.57. The second-order valence-corrected chi connectivity index (χ2v) is 6.90. The number of hydrogen-bond acceptors (Lipinski definition) is 3. The summed E-state index contributed by atoms with van der Waals surface area (Å²) in [6.07, 6.45) is 0. The van der Waals surface area contributed by atoms with Crippen molar-refractivity contribution in [1.82, 2.24) is 0 Å². The molecule has 0 atom stereocenters. The van der Waals surface area contributed by atoms with Crippen LogP contribution in [0, 0.1) is 6.92 Å². The summed E-state index contributed by atoms with van der Waals surface area (Å²) in [7, 11) is 0. The molecule has 2 nitrogen and oxygen atoms in total. The molecule has 3 heteroatoms. The fraction of sp³-hybridized carbons (Fsp3) is 0.312. The number of rotatable bonds is 2. The fourth-order valence-corrected chi connectivity index (χ4v) is 2.96. The van der Waals surface area contributed by atoms with Gasteiger partial charge >= 0.3 is 0 Å². The smallest absolute Gasteiger partial charge is 0.203 e. The maximum absolute atomic E-state index is 12.5. The minimum absolute atomic E-state index is 0.0815. The van der Waals surface area contributed by atoms with E-state index in [4.69, 9.17) is 5.73 Å². The Hall–Kier alpha value is -1.61. The highest BCUT2D eigenvalue weighted by Gasteiger charge is 2.20. The third kappa shape index (κ3) is 2.87. The first kappa shape index (κ1) is 13.8. The van der Waals surface area contributed by atoms with E-state index < -0.39 is 0 Å². The van der Waals surface area contributed by atoms with Gasteiger partial charge in [0.25, 0.3) is 0 Å². The molecule has 0 amide bonds. The van der Waals surface area contributed by atoms with Crippen LogP contribution in [0.15, 0.2) is 30.3 Å². The highest BCUT2D eigenvalue weighted by molar-refractivity contribution is 7.14. The van der Waals surface area contributed by atoms with Gasteiger partial charge in [0.2, 0.25) is 5.78 Å². The first-order valence-electron chi connectivity index (χ1n) is 6.30. The van der Waals surface area contributed by atoms with Crippen LogP contribution in [0.25, 0.3) is 0 Å². The van der Waals surface area contributed by atoms with Gasteiger partial charge in [-0.1, -0.05) is 20.8 Å². The van der Waals surface area contributed by atoms with Gasteiger partial charge in [-0.3, -0.25) is 4.79 Å². The molecule has 0 aliphatic heterocycles. The van der Waals surface area contributed by atoms with E-state index in [1.807, 2.05) is 31.2 Å². The van der Waals surface area contributed by atoms with Crippen LogP contribution in [0.1, 0.15) is 46.4 Å². The number of aryl methyl sites for hydroxylation is 1. The molecule has 0 unspecified atom stereocenters. The molecule has 1 aromatic heterocycles. The monoisotopic (exact) mass is 273 g/mol. The molecular weight excluding hydrogens is 254 g/mol. The van der Waals surface area contributed by atoms with E-state index in [0.717, 1.165) is 16.0 Å². The van der Waals surface area contributed by atoms with Crippen LogP contribution in [-0.4, -0.2) is 5.78 Å². The van der Waals surface area contributed by atoms with Crippen molar-refractivity contribution in [2.45, 2.75) is 33.1 Å². The van der Waals surface area contributed by atoms with Crippen molar-refractivity contribution >= 4 is 22.8 Å². The Morgan fingerprint density at radius 3 is 2.37 bits per heavy atom. The Morgan fingerprint density at radius 2 is 1.84 bits per heavy atom. The molecule has 19 heavy (non-hydrogen) atoms. The molecule has 0 saturated heterocycles. The van der Waals surface area contributed by atoms with E-state index in [1.165, 1.54) is 4.88 Å². The Labute approximate surface area is 118 Å². The summed E-state index contributed by atoms with van der Waals surface area (Å²) in [5.74, 6) is 0.0815. The van der Waals surface area contributed by atoms with Crippen LogP contribution in [-0.2, 0) is 5.41 Å². The van der Waals surface area contributed by atoms with Gasteiger partial charge in [0.1, 0.15) is 0 Å². The lowest BCUT2D eigenvalue weighted by atomic mass is 9.95. The maximum Gasteiger partial charge on any atom is 0.203 e. The van der Waals surface area contributed by atoms with Crippen LogP contribution in [0.4, 0.5) is 5.69 Å². The number of ketones is 1. The second kappa shape index (κ2) is 4.82. The molecule has 0 spiro atoms. The molecule has 1 aromatic carbocycles. The van der Waals surface area contributed by atoms with Gasteiger partial charge in [-0.05, 0) is 48.2 Å². The summed E-state index contributed by atoms with van der Waals surface area (Å²) in [6.45, 7) is 8.38. The first-order valence-corrected chi connectivity index (χ1v) is 7.12. The SMILES string of the molecule is Cc1cc(N)ccc1C(=O)c1ccc(C(C)(C)C)s1. The summed E-state index contributed by atoms with van der Waals surface area (Å²) in [5, 5.41) is 0. The minimum Gasteiger partial charge on any atom is -0.399 e. The molecule has 100 valence electrons. The van der Waals surface area contributed by atoms with E-state index in [0.29, 0.717) is 5.69 Å². The van der Waals surface area contributed by atoms with E-state index in [-0.39, 0.29) is 11.2 Å². The molecular formula is C16H19NOS. The number of carbonyl (C=O) groups excluding carboxylic acids is 1. The number of hydrogen-bond donors (Lipinski definition) is 1. The number of nitrogens with two attached hydrogens (primary N) is 1. The Balaban J connectivity index is 2.37. The highest BCUT2D eigenvalue weighted by atomic mass is 32.1. The standard InChI is InChI=1S/C16H19NOS/c1-10-9-11(17)5-6-12(10)15(18)13-7-8-14(19-13)16(2,3)4/h5-9H,17H2,1-4H3. The predicted octanol–water partition coefficient (Wildman–Crippen LogP) is 4.17. The lowest BCUT2D eigenvalue weighted by molar-refractivity contribution is 0.104. The van der Waals surface area contributed by atoms with Gasteiger partial charge in [-0.25, -0.2) is 0 Å². The van der Waals surface area contributed by atoms with Gasteiger partial charge in [0.15, 0.2) is 0 Å². The molecule has 1 heterocycles. The Morgan fingerprint density at radius 1 is 1.16 bits per heavy atom. The van der Waals surface area contributed by atoms with E-state index in [9.17, 15) is 4.79 Å². The molecule has 0 radical (unpaired) electrons. The Kier molecular flexibility index (Phi) is 3.50. The molecule has 2 aromatic rings. The second-order valence-electron chi connectivity index (χ2n) is 5.82. The Bertz CT molecular complexity index is 620. The molecule has 0 fully saturated rings. The summed E-state index contributed by atoms with van der Waals surface area (Å²) < 4.78 is 0. The average Bonchev–Trinajstić information content (AvgIpc) is 2.76. The van der Waals surface area contributed by atoms with Crippen molar-refractivity contribution in [1.29, 1.82) is 0 Å². The molecule has 0 aliphatic rings. The van der Waals surface area contributed by atoms with Crippen molar-refractivity contribution in [3.05, 3.63) is 51.2 Å². The maximum atomic E-state index is 12.5. The molecule has 2 N–H and O–H groups in total. The van der Waals surface area contributed by atoms with Crippen molar-refractivity contribution in [3.63, 3.8) is 0 Å². The van der Waals surface area contributed by atoms with Crippen molar-refractivity contribution in [2.24, 2.45) is 0 Å². The fourth-order valence-electron chi connectivity index (χ4n) is 1.94. The zero-order valence-electron chi connectivity index (χ0n) is 11.8. The van der Waals surface area contributed by atoms with E-state index in [1.54, 1.807) is 17.4 Å². The number of carbonyl (C=O) groups is 1. The summed E-state index contributed by atoms with van der Waals surface area (Å²) in [6, 6.07) is 9.39. The zero-order valence-corrected chi connectivity index (χ0v) is 12.6. The zero-order chi connectivity index (χ0) is 14.2. The van der Waals surface area contributed by atoms with Gasteiger partial charge in [0.05, 0.1) is 4.88 Å². The number of benzene rings is 1. The van der Waals surface area contributed by atoms with E-state index in [2.05, 4.69) is 20.8 Å². The third-order valence-corrected chi connectivity index (χ3v) is 4.57. The molecule has 0 saturated carbocycles. The van der Waals surface area contributed by atoms with Crippen molar-refractivity contribution < 1.29 is 4.79 Å². The average molecular weight is 273 g/mol.